The number of ether oxygens (including phenoxy) is 3. The first-order valence-corrected chi connectivity index (χ1v) is 22.2. The van der Waals surface area contributed by atoms with Gasteiger partial charge < -0.3 is 14.2 Å². The van der Waals surface area contributed by atoms with Crippen molar-refractivity contribution in [2.24, 2.45) is 0 Å². The zero-order valence-electron chi connectivity index (χ0n) is 29.5. The summed E-state index contributed by atoms with van der Waals surface area (Å²) in [7, 11) is -0.515. The molecule has 0 saturated carbocycles. The molecule has 0 aliphatic heterocycles. The number of aryl methyl sites for hydroxylation is 2. The first-order chi connectivity index (χ1) is 24.9. The fourth-order valence-electron chi connectivity index (χ4n) is 4.78. The van der Waals surface area contributed by atoms with Crippen molar-refractivity contribution in [3.8, 4) is 34.1 Å². The monoisotopic (exact) mass is 1090 g/mol. The average molecular weight is 1090 g/mol. The third kappa shape index (κ3) is 15.7. The van der Waals surface area contributed by atoms with Gasteiger partial charge >= 0.3 is 0 Å². The third-order valence-electron chi connectivity index (χ3n) is 7.68. The standard InChI is InChI=1S/C26H22O4S.C14H14O3S.4CH4.H2P2S.U/c1-19-3-15-25(16-4-19)31(27,28)26-17-13-24(14-18-26)30-23-11-7-21(8-12-23)20-5-9-22(29-2)10-6-20;1-11-3-7-13(8-4-11)18(15,16)14-9-5-12(17-2)6-10-14;;;;;1-2-3;/h3-18H,1-2H3;3-10H,1-2H3;4*1H4;1H2;. The van der Waals surface area contributed by atoms with Gasteiger partial charge in [0.15, 0.2) is 0 Å². The maximum atomic E-state index is 12.8. The molecular weight excluding hydrogens is 1040 g/mol. The van der Waals surface area contributed by atoms with Crippen molar-refractivity contribution >= 4 is 47.5 Å². The minimum atomic E-state index is -3.55. The van der Waals surface area contributed by atoms with Gasteiger partial charge in [0.2, 0.25) is 19.7 Å². The second-order valence-corrected chi connectivity index (χ2v) is 17.9. The molecule has 0 aromatic heterocycles. The maximum absolute atomic E-state index is 12.8. The molecule has 1 atom stereocenters. The zero-order valence-corrected chi connectivity index (χ0v) is 38.1. The molecule has 0 bridgehead atoms. The van der Waals surface area contributed by atoms with Gasteiger partial charge in [0.1, 0.15) is 23.0 Å². The molecule has 6 aromatic carbocycles. The largest absolute Gasteiger partial charge is 0.497 e. The Kier molecular flexibility index (Phi) is 26.0. The normalized spacial score (nSPS) is 9.98. The van der Waals surface area contributed by atoms with Crippen molar-refractivity contribution in [2.45, 2.75) is 63.1 Å². The van der Waals surface area contributed by atoms with Crippen LogP contribution in [-0.4, -0.2) is 31.1 Å². The van der Waals surface area contributed by atoms with Crippen LogP contribution in [0.5, 0.6) is 23.0 Å². The number of hydrogen-bond acceptors (Lipinski definition) is 8. The van der Waals surface area contributed by atoms with Crippen LogP contribution in [0.4, 0.5) is 0 Å². The summed E-state index contributed by atoms with van der Waals surface area (Å²) < 4.78 is 66.2. The van der Waals surface area contributed by atoms with Crippen LogP contribution in [0.1, 0.15) is 40.8 Å². The van der Waals surface area contributed by atoms with E-state index in [0.717, 1.165) is 35.0 Å². The Morgan fingerprint density at radius 2 is 0.649 bits per heavy atom. The summed E-state index contributed by atoms with van der Waals surface area (Å²) in [5.74, 6) is 2.70. The van der Waals surface area contributed by atoms with Crippen molar-refractivity contribution in [3.63, 3.8) is 0 Å². The molecule has 0 amide bonds. The number of rotatable bonds is 9. The van der Waals surface area contributed by atoms with E-state index >= 15 is 0 Å². The summed E-state index contributed by atoms with van der Waals surface area (Å²) in [6.45, 7) is 3.84. The van der Waals surface area contributed by atoms with Crippen LogP contribution in [0.3, 0.4) is 0 Å². The molecular formula is C44H54O7P2S3U. The SMILES string of the molecule is C.C.C.C.COc1ccc(-c2ccc(Oc3ccc(S(=O)(=O)c4ccc(C)cc4)cc3)cc2)cc1.COc1ccc(S(=O)(=O)c2ccc(C)cc2)cc1.PP=S.[U]. The fraction of sp³-hybridized carbons (Fsp3) is 0.182. The molecule has 6 aromatic rings. The van der Waals surface area contributed by atoms with E-state index in [1.54, 1.807) is 111 Å². The summed E-state index contributed by atoms with van der Waals surface area (Å²) in [5.41, 5.74) is 4.19. The summed E-state index contributed by atoms with van der Waals surface area (Å²) >= 11 is 4.33. The molecule has 0 heterocycles. The quantitative estimate of drug-likeness (QED) is 0.132. The van der Waals surface area contributed by atoms with Crippen LogP contribution < -0.4 is 14.2 Å². The van der Waals surface area contributed by atoms with Gasteiger partial charge in [-0.25, -0.2) is 16.8 Å². The summed E-state index contributed by atoms with van der Waals surface area (Å²) in [6.07, 6.45) is 0. The van der Waals surface area contributed by atoms with Crippen molar-refractivity contribution in [2.75, 3.05) is 14.2 Å². The van der Waals surface area contributed by atoms with Gasteiger partial charge in [-0.3, -0.25) is 0 Å². The second kappa shape index (κ2) is 26.6. The van der Waals surface area contributed by atoms with Gasteiger partial charge in [0.25, 0.3) is 0 Å². The Balaban J connectivity index is 0. The molecule has 0 saturated heterocycles. The van der Waals surface area contributed by atoms with Crippen LogP contribution in [0.25, 0.3) is 11.1 Å². The van der Waals surface area contributed by atoms with Crippen LogP contribution >= 0.6 is 16.0 Å². The molecule has 0 radical (unpaired) electrons. The first kappa shape index (κ1) is 55.7. The van der Waals surface area contributed by atoms with E-state index in [1.807, 2.05) is 62.4 Å². The van der Waals surface area contributed by atoms with Gasteiger partial charge in [-0.15, -0.1) is 0 Å². The average Bonchev–Trinajstić information content (AvgIpc) is 3.16. The van der Waals surface area contributed by atoms with E-state index in [9.17, 15) is 16.8 Å². The third-order valence-corrected chi connectivity index (χ3v) is 11.3. The predicted octanol–water partition coefficient (Wildman–Crippen LogP) is 12.9. The smallest absolute Gasteiger partial charge is 0.206 e. The van der Waals surface area contributed by atoms with E-state index in [1.165, 1.54) is 0 Å². The zero-order chi connectivity index (χ0) is 37.7. The molecule has 1 unspecified atom stereocenters. The van der Waals surface area contributed by atoms with Crippen LogP contribution in [0.15, 0.2) is 165 Å². The van der Waals surface area contributed by atoms with Crippen LogP contribution in [0, 0.1) is 45.0 Å². The topological polar surface area (TPSA) is 96.0 Å². The maximum Gasteiger partial charge on any atom is 0.206 e. The number of sulfone groups is 2. The minimum absolute atomic E-state index is 0. The summed E-state index contributed by atoms with van der Waals surface area (Å²) in [5, 5.41) is 0. The Morgan fingerprint density at radius 3 is 0.912 bits per heavy atom. The van der Waals surface area contributed by atoms with E-state index in [2.05, 4.69) is 20.7 Å². The van der Waals surface area contributed by atoms with E-state index < -0.39 is 19.7 Å². The second-order valence-electron chi connectivity index (χ2n) is 11.2. The molecule has 0 spiro atoms. The van der Waals surface area contributed by atoms with E-state index in [0.29, 0.717) is 22.1 Å². The van der Waals surface area contributed by atoms with E-state index in [4.69, 9.17) is 14.2 Å². The number of hydrogen-bond donors (Lipinski definition) is 0. The summed E-state index contributed by atoms with van der Waals surface area (Å²) in [4.78, 5) is 1.09. The fourth-order valence-corrected chi connectivity index (χ4v) is 7.31. The predicted molar refractivity (Wildman–Crippen MR) is 242 cm³/mol. The van der Waals surface area contributed by atoms with Crippen LogP contribution in [0.2, 0.25) is 0 Å². The Bertz CT molecular complexity index is 2270. The molecule has 13 heteroatoms. The Hall–Kier alpha value is -3.38. The summed E-state index contributed by atoms with van der Waals surface area (Å²) in [6, 6.07) is 42.1. The molecule has 0 fully saturated rings. The first-order valence-electron chi connectivity index (χ1n) is 15.7. The van der Waals surface area contributed by atoms with Gasteiger partial charge in [0.05, 0.1) is 33.8 Å². The minimum Gasteiger partial charge on any atom is -0.497 e. The number of methoxy groups -OCH3 is 2. The van der Waals surface area contributed by atoms with Gasteiger partial charge in [-0.1, -0.05) is 110 Å². The molecule has 0 N–H and O–H groups in total. The molecule has 6 rings (SSSR count). The molecule has 7 nitrogen and oxygen atoms in total. The van der Waals surface area contributed by atoms with Crippen molar-refractivity contribution < 1.29 is 62.2 Å². The van der Waals surface area contributed by atoms with Gasteiger partial charge in [0, 0.05) is 31.1 Å². The number of benzene rings is 6. The molecule has 0 aliphatic carbocycles. The Labute approximate surface area is 374 Å². The van der Waals surface area contributed by atoms with Gasteiger partial charge in [-0.2, -0.15) is 0 Å². The van der Waals surface area contributed by atoms with Crippen LogP contribution in [-0.2, 0) is 31.5 Å². The van der Waals surface area contributed by atoms with Gasteiger partial charge in [-0.05, 0) is 129 Å². The van der Waals surface area contributed by atoms with Crippen molar-refractivity contribution in [1.82, 2.24) is 0 Å². The van der Waals surface area contributed by atoms with E-state index in [-0.39, 0.29) is 75.5 Å². The van der Waals surface area contributed by atoms with Crippen molar-refractivity contribution in [3.05, 3.63) is 157 Å². The van der Waals surface area contributed by atoms with Crippen molar-refractivity contribution in [1.29, 1.82) is 0 Å². The molecule has 0 aliphatic rings. The molecule has 57 heavy (non-hydrogen) atoms. The Morgan fingerprint density at radius 1 is 0.439 bits per heavy atom. The molecule has 304 valence electrons.